The van der Waals surface area contributed by atoms with Crippen LogP contribution in [0.25, 0.3) is 33.1 Å². The zero-order chi connectivity index (χ0) is 24.6. The minimum atomic E-state index is -0.0802. The van der Waals surface area contributed by atoms with E-state index in [2.05, 4.69) is 25.6 Å². The molecule has 8 heteroatoms. The largest absolute Gasteiger partial charge is 0.349 e. The topological polar surface area (TPSA) is 108 Å². The molecule has 36 heavy (non-hydrogen) atoms. The van der Waals surface area contributed by atoms with Gasteiger partial charge in [-0.15, -0.1) is 0 Å². The van der Waals surface area contributed by atoms with Gasteiger partial charge in [0, 0.05) is 41.0 Å². The fourth-order valence-corrected chi connectivity index (χ4v) is 5.42. The Morgan fingerprint density at radius 3 is 2.83 bits per heavy atom. The molecule has 0 spiro atoms. The Balaban J connectivity index is 1.17. The number of aryl methyl sites for hydroxylation is 1. The second-order valence-electron chi connectivity index (χ2n) is 9.79. The molecular formula is C28H28N6O2. The molecule has 1 amide bonds. The molecule has 1 aliphatic rings. The van der Waals surface area contributed by atoms with Gasteiger partial charge in [-0.2, -0.15) is 5.10 Å². The third kappa shape index (κ3) is 4.19. The summed E-state index contributed by atoms with van der Waals surface area (Å²) in [4.78, 5) is 30.2. The van der Waals surface area contributed by atoms with E-state index in [1.54, 1.807) is 10.9 Å². The van der Waals surface area contributed by atoms with Crippen molar-refractivity contribution in [3.8, 4) is 11.3 Å². The van der Waals surface area contributed by atoms with Gasteiger partial charge in [0.15, 0.2) is 0 Å². The number of hydrogen-bond acceptors (Lipinski definition) is 4. The maximum absolute atomic E-state index is 13.2. The molecule has 0 aliphatic heterocycles. The summed E-state index contributed by atoms with van der Waals surface area (Å²) in [6, 6.07) is 17.2. The van der Waals surface area contributed by atoms with Crippen molar-refractivity contribution in [1.29, 1.82) is 0 Å². The SMILES string of the molecule is Cc1cc(-c2n[nH]c3ccc(C(=O)N[C@@H]4CCC[C@H](Cn5[nH]c6ccccc6c5=O)C4)cc23)ccn1. The van der Waals surface area contributed by atoms with Crippen molar-refractivity contribution in [3.63, 3.8) is 0 Å². The summed E-state index contributed by atoms with van der Waals surface area (Å²) in [5.74, 6) is 0.246. The molecule has 2 aromatic carbocycles. The number of carbonyl (C=O) groups is 1. The number of pyridine rings is 1. The molecule has 1 fully saturated rings. The lowest BCUT2D eigenvalue weighted by Crippen LogP contribution is -2.39. The Hall–Kier alpha value is -4.20. The number of rotatable bonds is 5. The van der Waals surface area contributed by atoms with Crippen molar-refractivity contribution < 1.29 is 4.79 Å². The first-order valence-electron chi connectivity index (χ1n) is 12.4. The maximum Gasteiger partial charge on any atom is 0.274 e. The number of nitrogens with one attached hydrogen (secondary N) is 3. The van der Waals surface area contributed by atoms with Crippen molar-refractivity contribution in [2.45, 2.75) is 45.2 Å². The van der Waals surface area contributed by atoms with Crippen LogP contribution in [0.15, 0.2) is 65.6 Å². The molecule has 0 bridgehead atoms. The normalized spacial score (nSPS) is 18.0. The van der Waals surface area contributed by atoms with Crippen LogP contribution in [0.3, 0.4) is 0 Å². The first kappa shape index (κ1) is 22.3. The number of hydrogen-bond donors (Lipinski definition) is 3. The van der Waals surface area contributed by atoms with Crippen molar-refractivity contribution in [2.24, 2.45) is 5.92 Å². The van der Waals surface area contributed by atoms with Gasteiger partial charge in [-0.25, -0.2) is 0 Å². The lowest BCUT2D eigenvalue weighted by molar-refractivity contribution is 0.0917. The number of carbonyl (C=O) groups excluding carboxylic acids is 1. The van der Waals surface area contributed by atoms with Gasteiger partial charge in [0.1, 0.15) is 5.69 Å². The molecule has 6 rings (SSSR count). The van der Waals surface area contributed by atoms with Gasteiger partial charge < -0.3 is 5.32 Å². The maximum atomic E-state index is 13.2. The van der Waals surface area contributed by atoms with Crippen LogP contribution in [0.5, 0.6) is 0 Å². The zero-order valence-corrected chi connectivity index (χ0v) is 20.1. The predicted molar refractivity (Wildman–Crippen MR) is 140 cm³/mol. The van der Waals surface area contributed by atoms with Crippen LogP contribution in [0.2, 0.25) is 0 Å². The Morgan fingerprint density at radius 2 is 1.97 bits per heavy atom. The van der Waals surface area contributed by atoms with E-state index in [0.717, 1.165) is 59.1 Å². The number of aromatic amines is 2. The summed E-state index contributed by atoms with van der Waals surface area (Å²) < 4.78 is 1.72. The van der Waals surface area contributed by atoms with Crippen LogP contribution in [0.4, 0.5) is 0 Å². The van der Waals surface area contributed by atoms with Crippen LogP contribution in [0, 0.1) is 12.8 Å². The van der Waals surface area contributed by atoms with Crippen LogP contribution in [-0.2, 0) is 6.54 Å². The number of amides is 1. The number of para-hydroxylation sites is 1. The average Bonchev–Trinajstić information content (AvgIpc) is 3.45. The van der Waals surface area contributed by atoms with Gasteiger partial charge in [-0.05, 0) is 74.6 Å². The van der Waals surface area contributed by atoms with E-state index in [0.29, 0.717) is 23.4 Å². The van der Waals surface area contributed by atoms with Crippen LogP contribution in [-0.4, -0.2) is 36.9 Å². The van der Waals surface area contributed by atoms with E-state index in [1.165, 1.54) is 0 Å². The first-order chi connectivity index (χ1) is 17.5. The Bertz CT molecular complexity index is 1630. The molecule has 1 saturated carbocycles. The Kier molecular flexibility index (Phi) is 5.64. The summed E-state index contributed by atoms with van der Waals surface area (Å²) >= 11 is 0. The second kappa shape index (κ2) is 9.11. The number of nitrogens with zero attached hydrogens (tertiary/aromatic N) is 3. The average molecular weight is 481 g/mol. The van der Waals surface area contributed by atoms with Crippen LogP contribution >= 0.6 is 0 Å². The summed E-state index contributed by atoms with van der Waals surface area (Å²) in [5.41, 5.74) is 5.08. The molecular weight excluding hydrogens is 452 g/mol. The van der Waals surface area contributed by atoms with Crippen molar-refractivity contribution in [3.05, 3.63) is 82.4 Å². The van der Waals surface area contributed by atoms with Crippen molar-refractivity contribution >= 4 is 27.7 Å². The third-order valence-electron chi connectivity index (χ3n) is 7.21. The minimum Gasteiger partial charge on any atom is -0.349 e. The lowest BCUT2D eigenvalue weighted by atomic mass is 9.85. The van der Waals surface area contributed by atoms with Crippen LogP contribution < -0.4 is 10.9 Å². The van der Waals surface area contributed by atoms with E-state index in [9.17, 15) is 9.59 Å². The fourth-order valence-electron chi connectivity index (χ4n) is 5.42. The van der Waals surface area contributed by atoms with Crippen molar-refractivity contribution in [1.82, 2.24) is 30.3 Å². The summed E-state index contributed by atoms with van der Waals surface area (Å²) in [5, 5.41) is 15.6. The van der Waals surface area contributed by atoms with E-state index < -0.39 is 0 Å². The molecule has 3 N–H and O–H groups in total. The van der Waals surface area contributed by atoms with E-state index in [1.807, 2.05) is 61.5 Å². The zero-order valence-electron chi connectivity index (χ0n) is 20.1. The molecule has 2 atom stereocenters. The summed E-state index contributed by atoms with van der Waals surface area (Å²) in [7, 11) is 0. The van der Waals surface area contributed by atoms with E-state index in [-0.39, 0.29) is 17.5 Å². The molecule has 3 aromatic heterocycles. The molecule has 0 saturated heterocycles. The molecule has 3 heterocycles. The molecule has 8 nitrogen and oxygen atoms in total. The molecule has 0 radical (unpaired) electrons. The summed E-state index contributed by atoms with van der Waals surface area (Å²) in [6.07, 6.45) is 5.63. The third-order valence-corrected chi connectivity index (χ3v) is 7.21. The molecule has 182 valence electrons. The van der Waals surface area contributed by atoms with Gasteiger partial charge in [0.2, 0.25) is 0 Å². The number of fused-ring (bicyclic) bond motifs is 2. The monoisotopic (exact) mass is 480 g/mol. The number of aromatic nitrogens is 5. The first-order valence-corrected chi connectivity index (χ1v) is 12.4. The standard InChI is InChI=1S/C28H28N6O2/c1-17-13-19(11-12-29-17)26-23-15-20(9-10-24(23)31-32-26)27(35)30-21-6-4-5-18(14-21)16-34-28(36)22-7-2-3-8-25(22)33-34/h2-3,7-13,15,18,21,33H,4-6,14,16H2,1H3,(H,30,35)(H,31,32)/t18-,21+/m0/s1. The van der Waals surface area contributed by atoms with Gasteiger partial charge in [-0.1, -0.05) is 18.6 Å². The highest BCUT2D eigenvalue weighted by atomic mass is 16.1. The Labute approximate surface area is 207 Å². The smallest absolute Gasteiger partial charge is 0.274 e. The lowest BCUT2D eigenvalue weighted by Gasteiger charge is -2.29. The van der Waals surface area contributed by atoms with Gasteiger partial charge >= 0.3 is 0 Å². The molecule has 1 aliphatic carbocycles. The van der Waals surface area contributed by atoms with Gasteiger partial charge in [-0.3, -0.25) is 29.5 Å². The summed E-state index contributed by atoms with van der Waals surface area (Å²) in [6.45, 7) is 2.58. The second-order valence-corrected chi connectivity index (χ2v) is 9.79. The number of benzene rings is 2. The van der Waals surface area contributed by atoms with Crippen LogP contribution in [0.1, 0.15) is 41.7 Å². The van der Waals surface area contributed by atoms with Gasteiger partial charge in [0.05, 0.1) is 16.4 Å². The molecule has 5 aromatic rings. The molecule has 0 unspecified atom stereocenters. The highest BCUT2D eigenvalue weighted by Gasteiger charge is 2.25. The highest BCUT2D eigenvalue weighted by molar-refractivity contribution is 6.01. The Morgan fingerprint density at radius 1 is 1.08 bits per heavy atom. The fraction of sp³-hybridized carbons (Fsp3) is 0.286. The highest BCUT2D eigenvalue weighted by Crippen LogP contribution is 2.28. The minimum absolute atomic E-state index is 0.0189. The quantitative estimate of drug-likeness (QED) is 0.342. The number of H-pyrrole nitrogens is 2. The van der Waals surface area contributed by atoms with Gasteiger partial charge in [0.25, 0.3) is 11.5 Å². The predicted octanol–water partition coefficient (Wildman–Crippen LogP) is 4.57. The van der Waals surface area contributed by atoms with E-state index in [4.69, 9.17) is 0 Å². The van der Waals surface area contributed by atoms with E-state index >= 15 is 0 Å². The van der Waals surface area contributed by atoms with Crippen molar-refractivity contribution in [2.75, 3.05) is 0 Å².